The lowest BCUT2D eigenvalue weighted by molar-refractivity contribution is 0.0247. The third-order valence-electron chi connectivity index (χ3n) is 4.26. The van der Waals surface area contributed by atoms with Crippen LogP contribution in [0.1, 0.15) is 45.4 Å². The lowest BCUT2D eigenvalue weighted by Gasteiger charge is -2.34. The molecule has 18 heavy (non-hydrogen) atoms. The number of amides is 2. The quantitative estimate of drug-likeness (QED) is 0.822. The summed E-state index contributed by atoms with van der Waals surface area (Å²) in [5, 5.41) is 3.12. The molecule has 0 atom stereocenters. The monoisotopic (exact) mass is 254 g/mol. The van der Waals surface area contributed by atoms with Crippen LogP contribution in [0.25, 0.3) is 0 Å². The van der Waals surface area contributed by atoms with Crippen LogP contribution in [0.5, 0.6) is 0 Å². The van der Waals surface area contributed by atoms with Crippen LogP contribution in [0.4, 0.5) is 4.79 Å². The number of urea groups is 1. The van der Waals surface area contributed by atoms with Gasteiger partial charge in [-0.15, -0.1) is 0 Å². The molecule has 2 aliphatic heterocycles. The summed E-state index contributed by atoms with van der Waals surface area (Å²) in [6.45, 7) is 6.54. The highest BCUT2D eigenvalue weighted by atomic mass is 16.5. The van der Waals surface area contributed by atoms with Crippen molar-refractivity contribution in [1.29, 1.82) is 0 Å². The first kappa shape index (κ1) is 13.7. The molecule has 0 aromatic carbocycles. The average Bonchev–Trinajstić information content (AvgIpc) is 2.66. The molecule has 0 bridgehead atoms. The SMILES string of the molecule is CC1(CNC(=O)N2CCCCCC2)CCOCC1. The number of carbonyl (C=O) groups is 1. The molecule has 4 nitrogen and oxygen atoms in total. The van der Waals surface area contributed by atoms with Crippen LogP contribution in [0, 0.1) is 5.41 Å². The molecular formula is C14H26N2O2. The zero-order valence-electron chi connectivity index (χ0n) is 11.5. The summed E-state index contributed by atoms with van der Waals surface area (Å²) in [6, 6.07) is 0.129. The highest BCUT2D eigenvalue weighted by molar-refractivity contribution is 5.74. The second-order valence-electron chi connectivity index (χ2n) is 5.98. The first-order valence-electron chi connectivity index (χ1n) is 7.30. The van der Waals surface area contributed by atoms with Gasteiger partial charge in [0.2, 0.25) is 0 Å². The summed E-state index contributed by atoms with van der Waals surface area (Å²) >= 11 is 0. The van der Waals surface area contributed by atoms with E-state index in [4.69, 9.17) is 4.74 Å². The number of rotatable bonds is 2. The molecule has 0 unspecified atom stereocenters. The summed E-state index contributed by atoms with van der Waals surface area (Å²) in [7, 11) is 0. The van der Waals surface area contributed by atoms with Gasteiger partial charge in [-0.25, -0.2) is 4.79 Å². The Morgan fingerprint density at radius 3 is 2.39 bits per heavy atom. The topological polar surface area (TPSA) is 41.6 Å². The molecule has 2 amide bonds. The van der Waals surface area contributed by atoms with Crippen molar-refractivity contribution in [3.63, 3.8) is 0 Å². The summed E-state index contributed by atoms with van der Waals surface area (Å²) in [5.74, 6) is 0. The van der Waals surface area contributed by atoms with Crippen LogP contribution in [0.3, 0.4) is 0 Å². The fourth-order valence-electron chi connectivity index (χ4n) is 2.72. The second-order valence-corrected chi connectivity index (χ2v) is 5.98. The molecule has 2 saturated heterocycles. The van der Waals surface area contributed by atoms with E-state index in [-0.39, 0.29) is 11.4 Å². The molecule has 0 radical (unpaired) electrons. The van der Waals surface area contributed by atoms with Gasteiger partial charge in [-0.3, -0.25) is 0 Å². The molecule has 2 fully saturated rings. The summed E-state index contributed by atoms with van der Waals surface area (Å²) < 4.78 is 5.38. The molecule has 104 valence electrons. The van der Waals surface area contributed by atoms with Gasteiger partial charge < -0.3 is 15.0 Å². The van der Waals surface area contributed by atoms with Gasteiger partial charge in [0, 0.05) is 32.8 Å². The lowest BCUT2D eigenvalue weighted by atomic mass is 9.82. The van der Waals surface area contributed by atoms with E-state index >= 15 is 0 Å². The van der Waals surface area contributed by atoms with Gasteiger partial charge in [0.1, 0.15) is 0 Å². The van der Waals surface area contributed by atoms with Crippen LogP contribution in [-0.2, 0) is 4.74 Å². The van der Waals surface area contributed by atoms with E-state index in [2.05, 4.69) is 12.2 Å². The molecule has 1 N–H and O–H groups in total. The normalized spacial score (nSPS) is 24.4. The zero-order valence-corrected chi connectivity index (χ0v) is 11.5. The zero-order chi connectivity index (χ0) is 12.8. The Balaban J connectivity index is 1.76. The Labute approximate surface area is 110 Å². The number of hydrogen-bond acceptors (Lipinski definition) is 2. The summed E-state index contributed by atoms with van der Waals surface area (Å²) in [4.78, 5) is 14.1. The molecule has 0 aromatic heterocycles. The summed E-state index contributed by atoms with van der Waals surface area (Å²) in [5.41, 5.74) is 0.222. The van der Waals surface area contributed by atoms with Gasteiger partial charge >= 0.3 is 6.03 Å². The third-order valence-corrected chi connectivity index (χ3v) is 4.26. The first-order chi connectivity index (χ1) is 8.70. The molecule has 0 aromatic rings. The van der Waals surface area contributed by atoms with Gasteiger partial charge in [-0.1, -0.05) is 19.8 Å². The van der Waals surface area contributed by atoms with Crippen LogP contribution in [-0.4, -0.2) is 43.8 Å². The van der Waals surface area contributed by atoms with E-state index < -0.39 is 0 Å². The molecule has 4 heteroatoms. The van der Waals surface area contributed by atoms with Crippen molar-refractivity contribution in [1.82, 2.24) is 10.2 Å². The van der Waals surface area contributed by atoms with Crippen LogP contribution in [0.2, 0.25) is 0 Å². The standard InChI is InChI=1S/C14H26N2O2/c1-14(6-10-18-11-7-14)12-15-13(17)16-8-4-2-3-5-9-16/h2-12H2,1H3,(H,15,17). The second kappa shape index (κ2) is 6.41. The Morgan fingerprint density at radius 2 is 1.78 bits per heavy atom. The van der Waals surface area contributed by atoms with E-state index in [1.165, 1.54) is 12.8 Å². The minimum absolute atomic E-state index is 0.129. The smallest absolute Gasteiger partial charge is 0.317 e. The van der Waals surface area contributed by atoms with Crippen molar-refractivity contribution in [2.75, 3.05) is 32.8 Å². The van der Waals surface area contributed by atoms with Crippen molar-refractivity contribution in [2.24, 2.45) is 5.41 Å². The number of hydrogen-bond donors (Lipinski definition) is 1. The number of likely N-dealkylation sites (tertiary alicyclic amines) is 1. The van der Waals surface area contributed by atoms with Crippen molar-refractivity contribution in [2.45, 2.75) is 45.4 Å². The van der Waals surface area contributed by atoms with Crippen LogP contribution in [0.15, 0.2) is 0 Å². The largest absolute Gasteiger partial charge is 0.381 e. The molecule has 2 aliphatic rings. The Morgan fingerprint density at radius 1 is 1.17 bits per heavy atom. The Hall–Kier alpha value is -0.770. The van der Waals surface area contributed by atoms with E-state index in [1.54, 1.807) is 0 Å². The fourth-order valence-corrected chi connectivity index (χ4v) is 2.72. The molecule has 2 rings (SSSR count). The lowest BCUT2D eigenvalue weighted by Crippen LogP contribution is -2.45. The summed E-state index contributed by atoms with van der Waals surface area (Å²) in [6.07, 6.45) is 6.93. The minimum Gasteiger partial charge on any atom is -0.381 e. The molecule has 0 spiro atoms. The van der Waals surface area contributed by atoms with Gasteiger partial charge in [-0.05, 0) is 31.1 Å². The molecule has 2 heterocycles. The highest BCUT2D eigenvalue weighted by Gasteiger charge is 2.28. The number of nitrogens with zero attached hydrogens (tertiary/aromatic N) is 1. The van der Waals surface area contributed by atoms with Crippen molar-refractivity contribution in [3.8, 4) is 0 Å². The van der Waals surface area contributed by atoms with Crippen molar-refractivity contribution >= 4 is 6.03 Å². The van der Waals surface area contributed by atoms with E-state index in [1.807, 2.05) is 4.90 Å². The molecular weight excluding hydrogens is 228 g/mol. The number of nitrogens with one attached hydrogen (secondary N) is 1. The predicted octanol–water partition coefficient (Wildman–Crippen LogP) is 2.39. The maximum absolute atomic E-state index is 12.1. The van der Waals surface area contributed by atoms with Gasteiger partial charge in [-0.2, -0.15) is 0 Å². The van der Waals surface area contributed by atoms with Crippen molar-refractivity contribution < 1.29 is 9.53 Å². The third kappa shape index (κ3) is 3.87. The van der Waals surface area contributed by atoms with Crippen LogP contribution < -0.4 is 5.32 Å². The Bertz CT molecular complexity index is 267. The van der Waals surface area contributed by atoms with E-state index in [0.717, 1.165) is 58.5 Å². The molecule has 0 saturated carbocycles. The average molecular weight is 254 g/mol. The number of ether oxygens (including phenoxy) is 1. The van der Waals surface area contributed by atoms with Gasteiger partial charge in [0.15, 0.2) is 0 Å². The predicted molar refractivity (Wildman–Crippen MR) is 71.6 cm³/mol. The first-order valence-corrected chi connectivity index (χ1v) is 7.30. The van der Waals surface area contributed by atoms with Crippen molar-refractivity contribution in [3.05, 3.63) is 0 Å². The number of carbonyl (C=O) groups excluding carboxylic acids is 1. The molecule has 0 aliphatic carbocycles. The minimum atomic E-state index is 0.129. The van der Waals surface area contributed by atoms with E-state index in [9.17, 15) is 4.79 Å². The maximum atomic E-state index is 12.1. The van der Waals surface area contributed by atoms with Gasteiger partial charge in [0.25, 0.3) is 0 Å². The Kier molecular flexibility index (Phi) is 4.87. The van der Waals surface area contributed by atoms with Crippen LogP contribution >= 0.6 is 0 Å². The maximum Gasteiger partial charge on any atom is 0.317 e. The highest BCUT2D eigenvalue weighted by Crippen LogP contribution is 2.28. The van der Waals surface area contributed by atoms with E-state index in [0.29, 0.717) is 0 Å². The van der Waals surface area contributed by atoms with Gasteiger partial charge in [0.05, 0.1) is 0 Å². The fraction of sp³-hybridized carbons (Fsp3) is 0.929.